The highest BCUT2D eigenvalue weighted by atomic mass is 15.5. The third kappa shape index (κ3) is 1.25. The van der Waals surface area contributed by atoms with Crippen molar-refractivity contribution in [2.75, 3.05) is 6.54 Å². The van der Waals surface area contributed by atoms with Gasteiger partial charge in [-0.25, -0.2) is 0 Å². The summed E-state index contributed by atoms with van der Waals surface area (Å²) < 4.78 is 0. The lowest BCUT2D eigenvalue weighted by atomic mass is 9.72. The second-order valence-corrected chi connectivity index (χ2v) is 4.08. The minimum Gasteiger partial charge on any atom is -0.307 e. The van der Waals surface area contributed by atoms with Gasteiger partial charge in [-0.05, 0) is 6.42 Å². The lowest BCUT2D eigenvalue weighted by Gasteiger charge is -2.46. The van der Waals surface area contributed by atoms with E-state index in [1.165, 1.54) is 6.42 Å². The Labute approximate surface area is 78.3 Å². The van der Waals surface area contributed by atoms with Crippen LogP contribution in [0.1, 0.15) is 32.0 Å². The Morgan fingerprint density at radius 1 is 1.77 bits per heavy atom. The van der Waals surface area contributed by atoms with Crippen LogP contribution in [0.3, 0.4) is 0 Å². The van der Waals surface area contributed by atoms with Gasteiger partial charge in [-0.15, -0.1) is 0 Å². The molecule has 13 heavy (non-hydrogen) atoms. The molecule has 2 unspecified atom stereocenters. The first-order chi connectivity index (χ1) is 6.15. The summed E-state index contributed by atoms with van der Waals surface area (Å²) in [4.78, 5) is 1.62. The van der Waals surface area contributed by atoms with Gasteiger partial charge in [-0.3, -0.25) is 0 Å². The summed E-state index contributed by atoms with van der Waals surface area (Å²) in [5.74, 6) is 0. The largest absolute Gasteiger partial charge is 0.307 e. The zero-order valence-corrected chi connectivity index (χ0v) is 8.41. The Bertz CT molecular complexity index is 302. The van der Waals surface area contributed by atoms with Gasteiger partial charge in [0.15, 0.2) is 0 Å². The molecule has 1 N–H and O–H groups in total. The number of hydrogen-bond donors (Lipinski definition) is 1. The summed E-state index contributed by atoms with van der Waals surface area (Å²) >= 11 is 0. The van der Waals surface area contributed by atoms with Crippen LogP contribution in [0.15, 0.2) is 6.20 Å². The molecule has 72 valence electrons. The molecule has 0 saturated carbocycles. The Kier molecular flexibility index (Phi) is 1.87. The van der Waals surface area contributed by atoms with Crippen molar-refractivity contribution in [1.82, 2.24) is 20.3 Å². The third-order valence-corrected chi connectivity index (χ3v) is 3.13. The Balaban J connectivity index is 2.19. The first kappa shape index (κ1) is 8.69. The Morgan fingerprint density at radius 3 is 2.92 bits per heavy atom. The molecule has 1 aliphatic rings. The van der Waals surface area contributed by atoms with Gasteiger partial charge < -0.3 is 5.32 Å². The molecule has 0 spiro atoms. The van der Waals surface area contributed by atoms with Gasteiger partial charge in [0.2, 0.25) is 0 Å². The van der Waals surface area contributed by atoms with E-state index in [2.05, 4.69) is 29.4 Å². The maximum Gasteiger partial charge on any atom is 0.100 e. The van der Waals surface area contributed by atoms with Gasteiger partial charge in [0.25, 0.3) is 0 Å². The van der Waals surface area contributed by atoms with Gasteiger partial charge in [0.1, 0.15) is 5.69 Å². The second kappa shape index (κ2) is 2.80. The smallest absolute Gasteiger partial charge is 0.100 e. The zero-order valence-electron chi connectivity index (χ0n) is 8.41. The van der Waals surface area contributed by atoms with Crippen molar-refractivity contribution < 1.29 is 0 Å². The molecule has 2 atom stereocenters. The molecule has 0 bridgehead atoms. The van der Waals surface area contributed by atoms with E-state index in [0.717, 1.165) is 12.2 Å². The Morgan fingerprint density at radius 2 is 2.54 bits per heavy atom. The standard InChI is InChI=1S/C9H16N4/c1-4-9(2)6-10-8(9)7-5-11-13(3)12-7/h5,8,10H,4,6H2,1-3H3. The molecule has 0 amide bonds. The molecule has 4 nitrogen and oxygen atoms in total. The van der Waals surface area contributed by atoms with E-state index in [1.807, 2.05) is 13.2 Å². The van der Waals surface area contributed by atoms with E-state index in [-0.39, 0.29) is 0 Å². The van der Waals surface area contributed by atoms with Crippen molar-refractivity contribution in [1.29, 1.82) is 0 Å². The normalized spacial score (nSPS) is 33.0. The molecule has 1 aromatic heterocycles. The fourth-order valence-corrected chi connectivity index (χ4v) is 1.84. The molecule has 1 saturated heterocycles. The van der Waals surface area contributed by atoms with E-state index in [9.17, 15) is 0 Å². The SMILES string of the molecule is CCC1(C)CNC1c1cnn(C)n1. The molecule has 4 heteroatoms. The van der Waals surface area contributed by atoms with E-state index in [1.54, 1.807) is 4.80 Å². The minimum absolute atomic E-state index is 0.371. The predicted octanol–water partition coefficient (Wildman–Crippen LogP) is 0.876. The number of hydrogen-bond acceptors (Lipinski definition) is 3. The van der Waals surface area contributed by atoms with Crippen LogP contribution < -0.4 is 5.32 Å². The number of nitrogens with one attached hydrogen (secondary N) is 1. The Hall–Kier alpha value is -0.900. The summed E-state index contributed by atoms with van der Waals surface area (Å²) in [6.45, 7) is 5.61. The molecule has 2 heterocycles. The molecular weight excluding hydrogens is 164 g/mol. The van der Waals surface area contributed by atoms with E-state index in [4.69, 9.17) is 0 Å². The summed E-state index contributed by atoms with van der Waals surface area (Å²) in [5.41, 5.74) is 1.44. The van der Waals surface area contributed by atoms with Gasteiger partial charge in [-0.2, -0.15) is 15.0 Å². The molecular formula is C9H16N4. The zero-order chi connectivity index (χ0) is 9.47. The first-order valence-corrected chi connectivity index (χ1v) is 4.75. The maximum absolute atomic E-state index is 4.32. The van der Waals surface area contributed by atoms with Crippen LogP contribution in [-0.4, -0.2) is 21.5 Å². The van der Waals surface area contributed by atoms with Crippen LogP contribution in [0.2, 0.25) is 0 Å². The van der Waals surface area contributed by atoms with Crippen LogP contribution in [0.4, 0.5) is 0 Å². The van der Waals surface area contributed by atoms with Crippen molar-refractivity contribution in [3.63, 3.8) is 0 Å². The highest BCUT2D eigenvalue weighted by molar-refractivity contribution is 5.12. The predicted molar refractivity (Wildman–Crippen MR) is 50.1 cm³/mol. The van der Waals surface area contributed by atoms with E-state index >= 15 is 0 Å². The fourth-order valence-electron chi connectivity index (χ4n) is 1.84. The van der Waals surface area contributed by atoms with Crippen LogP contribution in [0.25, 0.3) is 0 Å². The average Bonchev–Trinajstić information content (AvgIpc) is 2.48. The van der Waals surface area contributed by atoms with Crippen LogP contribution >= 0.6 is 0 Å². The van der Waals surface area contributed by atoms with Crippen molar-refractivity contribution in [2.24, 2.45) is 12.5 Å². The fraction of sp³-hybridized carbons (Fsp3) is 0.778. The lowest BCUT2D eigenvalue weighted by Crippen LogP contribution is -2.54. The molecule has 0 radical (unpaired) electrons. The average molecular weight is 180 g/mol. The van der Waals surface area contributed by atoms with Gasteiger partial charge in [0.05, 0.1) is 12.2 Å². The van der Waals surface area contributed by atoms with Gasteiger partial charge in [-0.1, -0.05) is 13.8 Å². The third-order valence-electron chi connectivity index (χ3n) is 3.13. The highest BCUT2D eigenvalue weighted by Gasteiger charge is 2.43. The highest BCUT2D eigenvalue weighted by Crippen LogP contribution is 2.42. The summed E-state index contributed by atoms with van der Waals surface area (Å²) in [5, 5.41) is 11.8. The minimum atomic E-state index is 0.371. The van der Waals surface area contributed by atoms with Gasteiger partial charge in [0, 0.05) is 19.0 Å². The topological polar surface area (TPSA) is 42.7 Å². The number of rotatable bonds is 2. The maximum atomic E-state index is 4.32. The number of aryl methyl sites for hydroxylation is 1. The summed E-state index contributed by atoms with van der Waals surface area (Å²) in [6.07, 6.45) is 3.03. The summed E-state index contributed by atoms with van der Waals surface area (Å²) in [6, 6.07) is 0.395. The molecule has 1 aromatic rings. The molecule has 2 rings (SSSR count). The quantitative estimate of drug-likeness (QED) is 0.734. The number of aromatic nitrogens is 3. The van der Waals surface area contributed by atoms with E-state index in [0.29, 0.717) is 11.5 Å². The first-order valence-electron chi connectivity index (χ1n) is 4.75. The second-order valence-electron chi connectivity index (χ2n) is 4.08. The van der Waals surface area contributed by atoms with Crippen molar-refractivity contribution in [3.05, 3.63) is 11.9 Å². The van der Waals surface area contributed by atoms with Crippen LogP contribution in [0, 0.1) is 5.41 Å². The van der Waals surface area contributed by atoms with Crippen LogP contribution in [-0.2, 0) is 7.05 Å². The summed E-state index contributed by atoms with van der Waals surface area (Å²) in [7, 11) is 1.85. The van der Waals surface area contributed by atoms with Crippen molar-refractivity contribution >= 4 is 0 Å². The monoisotopic (exact) mass is 180 g/mol. The molecule has 1 fully saturated rings. The van der Waals surface area contributed by atoms with Gasteiger partial charge >= 0.3 is 0 Å². The molecule has 0 aliphatic carbocycles. The van der Waals surface area contributed by atoms with Crippen molar-refractivity contribution in [3.8, 4) is 0 Å². The van der Waals surface area contributed by atoms with Crippen LogP contribution in [0.5, 0.6) is 0 Å². The molecule has 1 aliphatic heterocycles. The number of nitrogens with zero attached hydrogens (tertiary/aromatic N) is 3. The lowest BCUT2D eigenvalue weighted by molar-refractivity contribution is 0.0952. The molecule has 0 aromatic carbocycles. The van der Waals surface area contributed by atoms with Crippen molar-refractivity contribution in [2.45, 2.75) is 26.3 Å². The van der Waals surface area contributed by atoms with E-state index < -0.39 is 0 Å².